The molecule has 19 heavy (non-hydrogen) atoms. The van der Waals surface area contributed by atoms with Crippen LogP contribution >= 0.6 is 0 Å². The maximum Gasteiger partial charge on any atom is 0.264 e. The van der Waals surface area contributed by atoms with Crippen LogP contribution in [0.15, 0.2) is 43.0 Å². The Kier molecular flexibility index (Phi) is 5.73. The van der Waals surface area contributed by atoms with Crippen molar-refractivity contribution in [1.82, 2.24) is 9.96 Å². The molecule has 1 rings (SSSR count). The number of hydrogen-bond donors (Lipinski definition) is 0. The Bertz CT molecular complexity index is 417. The molecular formula is C15H22N2O2. The van der Waals surface area contributed by atoms with E-state index in [-0.39, 0.29) is 17.9 Å². The Morgan fingerprint density at radius 3 is 2.26 bits per heavy atom. The lowest BCUT2D eigenvalue weighted by Crippen LogP contribution is -2.47. The van der Waals surface area contributed by atoms with Crippen LogP contribution in [0.3, 0.4) is 0 Å². The minimum atomic E-state index is -0.343. The van der Waals surface area contributed by atoms with E-state index in [0.29, 0.717) is 0 Å². The van der Waals surface area contributed by atoms with E-state index in [4.69, 9.17) is 4.84 Å². The maximum absolute atomic E-state index is 12.4. The maximum atomic E-state index is 12.4. The van der Waals surface area contributed by atoms with Crippen LogP contribution in [-0.2, 0) is 9.63 Å². The van der Waals surface area contributed by atoms with Gasteiger partial charge in [0.15, 0.2) is 0 Å². The van der Waals surface area contributed by atoms with Gasteiger partial charge < -0.3 is 0 Å². The lowest BCUT2D eigenvalue weighted by molar-refractivity contribution is -0.174. The highest BCUT2D eigenvalue weighted by Crippen LogP contribution is 2.24. The van der Waals surface area contributed by atoms with Gasteiger partial charge in [0.2, 0.25) is 0 Å². The van der Waals surface area contributed by atoms with E-state index in [1.807, 2.05) is 49.3 Å². The van der Waals surface area contributed by atoms with E-state index in [1.165, 1.54) is 12.2 Å². The van der Waals surface area contributed by atoms with Crippen molar-refractivity contribution in [2.75, 3.05) is 28.3 Å². The zero-order chi connectivity index (χ0) is 14.4. The zero-order valence-electron chi connectivity index (χ0n) is 12.0. The number of benzene rings is 1. The molecule has 0 unspecified atom stereocenters. The van der Waals surface area contributed by atoms with Gasteiger partial charge in [0.25, 0.3) is 5.91 Å². The van der Waals surface area contributed by atoms with Gasteiger partial charge in [-0.1, -0.05) is 36.4 Å². The Labute approximate surface area is 115 Å². The van der Waals surface area contributed by atoms with Gasteiger partial charge in [-0.15, -0.1) is 6.58 Å². The Morgan fingerprint density at radius 2 is 1.84 bits per heavy atom. The number of hydroxylamine groups is 2. The number of hydrogen-bond acceptors (Lipinski definition) is 3. The fourth-order valence-corrected chi connectivity index (χ4v) is 2.09. The fraction of sp³-hybridized carbons (Fsp3) is 0.400. The number of likely N-dealkylation sites (N-methyl/N-ethyl adjacent to an activating group) is 2. The second kappa shape index (κ2) is 7.07. The van der Waals surface area contributed by atoms with Crippen LogP contribution in [0.2, 0.25) is 0 Å². The molecule has 4 heteroatoms. The van der Waals surface area contributed by atoms with Crippen molar-refractivity contribution in [3.05, 3.63) is 48.6 Å². The summed E-state index contributed by atoms with van der Waals surface area (Å²) in [4.78, 5) is 19.3. The summed E-state index contributed by atoms with van der Waals surface area (Å²) in [5, 5.41) is 1.25. The molecule has 1 amide bonds. The van der Waals surface area contributed by atoms with Gasteiger partial charge in [0.05, 0.1) is 7.11 Å². The average Bonchev–Trinajstić information content (AvgIpc) is 2.43. The predicted molar refractivity (Wildman–Crippen MR) is 76.6 cm³/mol. The summed E-state index contributed by atoms with van der Waals surface area (Å²) in [6.07, 6.45) is 1.81. The van der Waals surface area contributed by atoms with Crippen molar-refractivity contribution < 1.29 is 9.63 Å². The first kappa shape index (κ1) is 15.4. The zero-order valence-corrected chi connectivity index (χ0v) is 12.0. The summed E-state index contributed by atoms with van der Waals surface area (Å²) >= 11 is 0. The molecule has 2 atom stereocenters. The first-order chi connectivity index (χ1) is 9.02. The van der Waals surface area contributed by atoms with Gasteiger partial charge >= 0.3 is 0 Å². The van der Waals surface area contributed by atoms with Gasteiger partial charge in [-0.2, -0.15) is 0 Å². The molecule has 0 N–H and O–H groups in total. The van der Waals surface area contributed by atoms with Crippen LogP contribution in [0, 0.1) is 0 Å². The highest BCUT2D eigenvalue weighted by molar-refractivity contribution is 5.82. The second-order valence-corrected chi connectivity index (χ2v) is 4.60. The highest BCUT2D eigenvalue weighted by Gasteiger charge is 2.31. The van der Waals surface area contributed by atoms with E-state index < -0.39 is 0 Å². The summed E-state index contributed by atoms with van der Waals surface area (Å²) in [7, 11) is 6.86. The van der Waals surface area contributed by atoms with Crippen LogP contribution < -0.4 is 0 Å². The minimum Gasteiger partial charge on any atom is -0.297 e. The molecule has 1 aromatic rings. The summed E-state index contributed by atoms with van der Waals surface area (Å²) in [5.41, 5.74) is 1.06. The van der Waals surface area contributed by atoms with Crippen molar-refractivity contribution in [2.45, 2.75) is 12.0 Å². The number of nitrogens with zero attached hydrogens (tertiary/aromatic N) is 2. The van der Waals surface area contributed by atoms with Crippen molar-refractivity contribution in [3.8, 4) is 0 Å². The molecule has 0 bridgehead atoms. The normalized spacial score (nSPS) is 13.9. The van der Waals surface area contributed by atoms with Crippen LogP contribution in [-0.4, -0.2) is 50.2 Å². The molecule has 1 aromatic carbocycles. The molecule has 4 nitrogen and oxygen atoms in total. The van der Waals surface area contributed by atoms with Crippen LogP contribution in [0.25, 0.3) is 0 Å². The molecular weight excluding hydrogens is 240 g/mol. The monoisotopic (exact) mass is 262 g/mol. The first-order valence-electron chi connectivity index (χ1n) is 6.18. The van der Waals surface area contributed by atoms with E-state index in [1.54, 1.807) is 13.1 Å². The van der Waals surface area contributed by atoms with E-state index >= 15 is 0 Å². The third-order valence-corrected chi connectivity index (χ3v) is 3.17. The highest BCUT2D eigenvalue weighted by atomic mass is 16.7. The summed E-state index contributed by atoms with van der Waals surface area (Å²) < 4.78 is 0. The molecule has 0 radical (unpaired) electrons. The number of carbonyl (C=O) groups is 1. The van der Waals surface area contributed by atoms with Gasteiger partial charge in [0, 0.05) is 13.0 Å². The molecule has 0 aliphatic rings. The van der Waals surface area contributed by atoms with Crippen LogP contribution in [0.1, 0.15) is 11.5 Å². The molecule has 0 aliphatic carbocycles. The van der Waals surface area contributed by atoms with Gasteiger partial charge in [-0.05, 0) is 19.7 Å². The number of amides is 1. The fourth-order valence-electron chi connectivity index (χ4n) is 2.09. The largest absolute Gasteiger partial charge is 0.297 e. The van der Waals surface area contributed by atoms with Crippen molar-refractivity contribution >= 4 is 5.91 Å². The smallest absolute Gasteiger partial charge is 0.264 e. The van der Waals surface area contributed by atoms with Gasteiger partial charge in [-0.3, -0.25) is 14.5 Å². The molecule has 0 saturated heterocycles. The Balaban J connectivity index is 3.09. The molecule has 0 spiro atoms. The standard InChI is InChI=1S/C15H22N2O2/c1-6-13(12-10-8-7-9-11-12)14(16(2)3)15(18)17(4)19-5/h6-11,13-14H,1H2,2-5H3/t13-,14+/m1/s1. The topological polar surface area (TPSA) is 32.8 Å². The van der Waals surface area contributed by atoms with Crippen molar-refractivity contribution in [2.24, 2.45) is 0 Å². The Hall–Kier alpha value is -1.65. The summed E-state index contributed by atoms with van der Waals surface area (Å²) in [5.74, 6) is -0.178. The lowest BCUT2D eigenvalue weighted by Gasteiger charge is -2.32. The second-order valence-electron chi connectivity index (χ2n) is 4.60. The van der Waals surface area contributed by atoms with E-state index in [9.17, 15) is 4.79 Å². The molecule has 104 valence electrons. The van der Waals surface area contributed by atoms with Crippen molar-refractivity contribution in [1.29, 1.82) is 0 Å². The Morgan fingerprint density at radius 1 is 1.26 bits per heavy atom. The van der Waals surface area contributed by atoms with Gasteiger partial charge in [0.1, 0.15) is 6.04 Å². The average molecular weight is 262 g/mol. The summed E-state index contributed by atoms with van der Waals surface area (Å²) in [6.45, 7) is 3.87. The summed E-state index contributed by atoms with van der Waals surface area (Å²) in [6, 6.07) is 9.54. The van der Waals surface area contributed by atoms with Crippen LogP contribution in [0.4, 0.5) is 0 Å². The van der Waals surface area contributed by atoms with E-state index in [0.717, 1.165) is 5.56 Å². The first-order valence-corrected chi connectivity index (χ1v) is 6.18. The number of rotatable bonds is 6. The quantitative estimate of drug-likeness (QED) is 0.580. The number of carbonyl (C=O) groups excluding carboxylic acids is 1. The molecule has 0 heterocycles. The molecule has 0 fully saturated rings. The third kappa shape index (κ3) is 3.66. The van der Waals surface area contributed by atoms with Gasteiger partial charge in [-0.25, -0.2) is 5.06 Å². The van der Waals surface area contributed by atoms with Crippen LogP contribution in [0.5, 0.6) is 0 Å². The van der Waals surface area contributed by atoms with Crippen molar-refractivity contribution in [3.63, 3.8) is 0 Å². The van der Waals surface area contributed by atoms with E-state index in [2.05, 4.69) is 6.58 Å². The minimum absolute atomic E-state index is 0.0821. The lowest BCUT2D eigenvalue weighted by atomic mass is 9.90. The molecule has 0 aromatic heterocycles. The third-order valence-electron chi connectivity index (χ3n) is 3.17. The molecule has 0 aliphatic heterocycles. The molecule has 0 saturated carbocycles. The SMILES string of the molecule is C=C[C@H](c1ccccc1)[C@@H](C(=O)N(C)OC)N(C)C. The predicted octanol–water partition coefficient (Wildman–Crippen LogP) is 1.91.